The molecule has 0 spiro atoms. The largest absolute Gasteiger partial charge is 0.507 e. The van der Waals surface area contributed by atoms with Crippen molar-refractivity contribution in [2.45, 2.75) is 25.7 Å². The van der Waals surface area contributed by atoms with Crippen LogP contribution in [0.15, 0.2) is 35.2 Å². The van der Waals surface area contributed by atoms with Crippen LogP contribution in [0.1, 0.15) is 27.3 Å². The number of tetrazole rings is 1. The Morgan fingerprint density at radius 1 is 1.11 bits per heavy atom. The summed E-state index contributed by atoms with van der Waals surface area (Å²) in [6.07, 6.45) is 0. The molecule has 3 aromatic rings. The van der Waals surface area contributed by atoms with Crippen molar-refractivity contribution in [2.24, 2.45) is 0 Å². The number of aryl methyl sites for hydroxylation is 3. The summed E-state index contributed by atoms with van der Waals surface area (Å²) in [6.45, 7) is 5.01. The molecule has 0 radical (unpaired) electrons. The number of rotatable bonds is 5. The first-order valence-electron chi connectivity index (χ1n) is 8.06. The summed E-state index contributed by atoms with van der Waals surface area (Å²) in [5.74, 6) is -1.40. The monoisotopic (exact) mass is 403 g/mol. The Morgan fingerprint density at radius 2 is 1.82 bits per heavy atom. The van der Waals surface area contributed by atoms with E-state index >= 15 is 0 Å². The number of sulfonamides is 1. The van der Waals surface area contributed by atoms with Crippen LogP contribution < -0.4 is 4.72 Å². The number of carboxylic acids is 1. The first-order valence-corrected chi connectivity index (χ1v) is 9.54. The Balaban J connectivity index is 2.04. The van der Waals surface area contributed by atoms with Crippen molar-refractivity contribution in [1.82, 2.24) is 20.2 Å². The highest BCUT2D eigenvalue weighted by molar-refractivity contribution is 7.92. The molecule has 1 aromatic heterocycles. The summed E-state index contributed by atoms with van der Waals surface area (Å²) >= 11 is 0. The third-order valence-corrected chi connectivity index (χ3v) is 5.65. The van der Waals surface area contributed by atoms with E-state index in [-0.39, 0.29) is 16.1 Å². The van der Waals surface area contributed by atoms with E-state index in [0.717, 1.165) is 17.7 Å². The SMILES string of the molecule is Cc1ccc(NS(=O)(=O)c2cc(C(=O)O)c(O)cc2C)cc1-n1nnnc1C. The minimum Gasteiger partial charge on any atom is -0.507 e. The van der Waals surface area contributed by atoms with Crippen LogP contribution in [0.5, 0.6) is 5.75 Å². The number of benzene rings is 2. The van der Waals surface area contributed by atoms with Gasteiger partial charge in [0.25, 0.3) is 10.0 Å². The van der Waals surface area contributed by atoms with Crippen molar-refractivity contribution in [3.63, 3.8) is 0 Å². The predicted molar refractivity (Wildman–Crippen MR) is 99.2 cm³/mol. The van der Waals surface area contributed by atoms with Gasteiger partial charge in [0.1, 0.15) is 11.3 Å². The van der Waals surface area contributed by atoms with Gasteiger partial charge >= 0.3 is 5.97 Å². The van der Waals surface area contributed by atoms with Gasteiger partial charge in [0.15, 0.2) is 5.82 Å². The van der Waals surface area contributed by atoms with Gasteiger partial charge in [-0.15, -0.1) is 5.10 Å². The number of phenols is 1. The number of nitrogens with zero attached hydrogens (tertiary/aromatic N) is 4. The molecule has 0 saturated carbocycles. The van der Waals surface area contributed by atoms with Crippen LogP contribution in [-0.4, -0.2) is 44.8 Å². The van der Waals surface area contributed by atoms with Crippen LogP contribution in [0.2, 0.25) is 0 Å². The molecule has 11 heteroatoms. The molecule has 0 aliphatic carbocycles. The first-order chi connectivity index (χ1) is 13.1. The van der Waals surface area contributed by atoms with Crippen molar-refractivity contribution in [2.75, 3.05) is 4.72 Å². The zero-order valence-corrected chi connectivity index (χ0v) is 16.0. The number of aromatic carboxylic acids is 1. The second-order valence-electron chi connectivity index (χ2n) is 6.18. The molecule has 0 aliphatic heterocycles. The van der Waals surface area contributed by atoms with E-state index in [0.29, 0.717) is 11.5 Å². The summed E-state index contributed by atoms with van der Waals surface area (Å²) < 4.78 is 29.6. The zero-order chi connectivity index (χ0) is 20.6. The van der Waals surface area contributed by atoms with E-state index in [2.05, 4.69) is 20.2 Å². The highest BCUT2D eigenvalue weighted by Gasteiger charge is 2.22. The van der Waals surface area contributed by atoms with E-state index in [1.54, 1.807) is 25.1 Å². The van der Waals surface area contributed by atoms with Crippen molar-refractivity contribution in [1.29, 1.82) is 0 Å². The molecule has 0 aliphatic rings. The standard InChI is InChI=1S/C17H17N5O5S/c1-9-4-5-12(7-14(9)22-11(3)18-20-21-22)19-28(26,27)16-8-13(17(24)25)15(23)6-10(16)2/h4-8,19,23H,1-3H3,(H,24,25). The van der Waals surface area contributed by atoms with Gasteiger partial charge in [-0.2, -0.15) is 4.68 Å². The average Bonchev–Trinajstić information content (AvgIpc) is 3.01. The molecule has 1 heterocycles. The molecule has 2 aromatic carbocycles. The van der Waals surface area contributed by atoms with Crippen molar-refractivity contribution >= 4 is 21.7 Å². The lowest BCUT2D eigenvalue weighted by atomic mass is 10.1. The number of hydrogen-bond donors (Lipinski definition) is 3. The number of carboxylic acid groups (broad SMARTS) is 1. The van der Waals surface area contributed by atoms with Crippen LogP contribution in [0.25, 0.3) is 5.69 Å². The van der Waals surface area contributed by atoms with Crippen LogP contribution in [0.4, 0.5) is 5.69 Å². The Morgan fingerprint density at radius 3 is 2.43 bits per heavy atom. The lowest BCUT2D eigenvalue weighted by molar-refractivity contribution is 0.0693. The molecule has 3 N–H and O–H groups in total. The molecule has 28 heavy (non-hydrogen) atoms. The van der Waals surface area contributed by atoms with Crippen molar-refractivity contribution in [3.8, 4) is 11.4 Å². The summed E-state index contributed by atoms with van der Waals surface area (Å²) in [4.78, 5) is 11.0. The molecule has 0 amide bonds. The number of aromatic nitrogens is 4. The van der Waals surface area contributed by atoms with Gasteiger partial charge in [0.05, 0.1) is 16.3 Å². The van der Waals surface area contributed by atoms with Crippen LogP contribution in [-0.2, 0) is 10.0 Å². The molecule has 0 bridgehead atoms. The molecule has 146 valence electrons. The predicted octanol–water partition coefficient (Wildman–Crippen LogP) is 1.79. The number of anilines is 1. The topological polar surface area (TPSA) is 147 Å². The van der Waals surface area contributed by atoms with Gasteiger partial charge in [0, 0.05) is 0 Å². The summed E-state index contributed by atoms with van der Waals surface area (Å²) in [5.41, 5.74) is 1.38. The Labute approximate surface area is 160 Å². The number of aromatic hydroxyl groups is 1. The maximum absolute atomic E-state index is 12.8. The summed E-state index contributed by atoms with van der Waals surface area (Å²) in [6, 6.07) is 6.88. The zero-order valence-electron chi connectivity index (χ0n) is 15.2. The maximum Gasteiger partial charge on any atom is 0.339 e. The van der Waals surface area contributed by atoms with E-state index < -0.39 is 27.3 Å². The van der Waals surface area contributed by atoms with E-state index in [4.69, 9.17) is 5.11 Å². The fourth-order valence-corrected chi connectivity index (χ4v) is 4.00. The molecular formula is C17H17N5O5S. The highest BCUT2D eigenvalue weighted by Crippen LogP contribution is 2.28. The van der Waals surface area contributed by atoms with E-state index in [9.17, 15) is 18.3 Å². The summed E-state index contributed by atoms with van der Waals surface area (Å²) in [5, 5.41) is 30.1. The Hall–Kier alpha value is -3.47. The minimum absolute atomic E-state index is 0.207. The van der Waals surface area contributed by atoms with E-state index in [1.807, 2.05) is 6.92 Å². The van der Waals surface area contributed by atoms with Gasteiger partial charge in [0.2, 0.25) is 0 Å². The normalized spacial score (nSPS) is 11.4. The molecule has 0 atom stereocenters. The third kappa shape index (κ3) is 3.51. The van der Waals surface area contributed by atoms with E-state index in [1.165, 1.54) is 11.6 Å². The minimum atomic E-state index is -4.11. The fourth-order valence-electron chi connectivity index (χ4n) is 2.70. The maximum atomic E-state index is 12.8. The second kappa shape index (κ2) is 6.93. The number of carbonyl (C=O) groups is 1. The fraction of sp³-hybridized carbons (Fsp3) is 0.176. The van der Waals surface area contributed by atoms with Crippen LogP contribution in [0, 0.1) is 20.8 Å². The molecule has 0 fully saturated rings. The lowest BCUT2D eigenvalue weighted by Gasteiger charge is -2.14. The smallest absolute Gasteiger partial charge is 0.339 e. The molecule has 0 unspecified atom stereocenters. The lowest BCUT2D eigenvalue weighted by Crippen LogP contribution is -2.16. The highest BCUT2D eigenvalue weighted by atomic mass is 32.2. The molecule has 3 rings (SSSR count). The Kier molecular flexibility index (Phi) is 4.77. The van der Waals surface area contributed by atoms with Gasteiger partial charge < -0.3 is 10.2 Å². The van der Waals surface area contributed by atoms with Gasteiger partial charge in [-0.05, 0) is 66.6 Å². The van der Waals surface area contributed by atoms with Gasteiger partial charge in [-0.3, -0.25) is 4.72 Å². The van der Waals surface area contributed by atoms with Gasteiger partial charge in [-0.1, -0.05) is 6.07 Å². The summed E-state index contributed by atoms with van der Waals surface area (Å²) in [7, 11) is -4.11. The number of hydrogen-bond acceptors (Lipinski definition) is 7. The van der Waals surface area contributed by atoms with Crippen molar-refractivity contribution in [3.05, 3.63) is 52.8 Å². The second-order valence-corrected chi connectivity index (χ2v) is 7.84. The molecule has 0 saturated heterocycles. The van der Waals surface area contributed by atoms with Crippen LogP contribution >= 0.6 is 0 Å². The first kappa shape index (κ1) is 19.3. The van der Waals surface area contributed by atoms with Gasteiger partial charge in [-0.25, -0.2) is 13.2 Å². The average molecular weight is 403 g/mol. The van der Waals surface area contributed by atoms with Crippen molar-refractivity contribution < 1.29 is 23.4 Å². The third-order valence-electron chi connectivity index (χ3n) is 4.13. The number of nitrogens with one attached hydrogen (secondary N) is 1. The Bertz CT molecular complexity index is 1190. The van der Waals surface area contributed by atoms with Crippen LogP contribution in [0.3, 0.4) is 0 Å². The molecular weight excluding hydrogens is 386 g/mol. The quantitative estimate of drug-likeness (QED) is 0.584. The molecule has 10 nitrogen and oxygen atoms in total.